The SMILES string of the molecule is CCc1ccc(C(NC(=O)CC(C)NC(=O)c2ccccc2)c2cccs2)cc1. The second-order valence-corrected chi connectivity index (χ2v) is 8.04. The minimum Gasteiger partial charge on any atom is -0.349 e. The van der Waals surface area contributed by atoms with Crippen molar-refractivity contribution in [1.29, 1.82) is 0 Å². The fourth-order valence-electron chi connectivity index (χ4n) is 3.17. The van der Waals surface area contributed by atoms with E-state index in [1.165, 1.54) is 5.56 Å². The molecule has 1 aromatic heterocycles. The largest absolute Gasteiger partial charge is 0.349 e. The van der Waals surface area contributed by atoms with Crippen molar-refractivity contribution in [2.45, 2.75) is 38.8 Å². The number of hydrogen-bond acceptors (Lipinski definition) is 3. The lowest BCUT2D eigenvalue weighted by Crippen LogP contribution is -2.38. The molecule has 5 heteroatoms. The molecule has 29 heavy (non-hydrogen) atoms. The molecule has 3 rings (SSSR count). The summed E-state index contributed by atoms with van der Waals surface area (Å²) in [5.41, 5.74) is 2.91. The average molecular weight is 407 g/mol. The van der Waals surface area contributed by atoms with E-state index in [0.717, 1.165) is 16.9 Å². The Balaban J connectivity index is 1.64. The Bertz CT molecular complexity index is 921. The molecule has 0 bridgehead atoms. The van der Waals surface area contributed by atoms with Crippen LogP contribution in [0.3, 0.4) is 0 Å². The third-order valence-electron chi connectivity index (χ3n) is 4.76. The van der Waals surface area contributed by atoms with Crippen molar-refractivity contribution in [1.82, 2.24) is 10.6 Å². The number of rotatable bonds is 8. The number of aryl methyl sites for hydroxylation is 1. The van der Waals surface area contributed by atoms with E-state index in [2.05, 4.69) is 41.8 Å². The van der Waals surface area contributed by atoms with Crippen LogP contribution in [0.2, 0.25) is 0 Å². The maximum absolute atomic E-state index is 12.7. The van der Waals surface area contributed by atoms with Gasteiger partial charge in [-0.25, -0.2) is 0 Å². The number of carbonyl (C=O) groups is 2. The van der Waals surface area contributed by atoms with Crippen LogP contribution >= 0.6 is 11.3 Å². The van der Waals surface area contributed by atoms with Crippen LogP contribution in [-0.4, -0.2) is 17.9 Å². The predicted octanol–water partition coefficient (Wildman–Crippen LogP) is 4.72. The molecule has 2 aromatic carbocycles. The number of amides is 2. The van der Waals surface area contributed by atoms with Gasteiger partial charge in [-0.1, -0.05) is 55.5 Å². The van der Waals surface area contributed by atoms with Gasteiger partial charge >= 0.3 is 0 Å². The first-order valence-electron chi connectivity index (χ1n) is 9.84. The van der Waals surface area contributed by atoms with Crippen LogP contribution in [0.15, 0.2) is 72.1 Å². The van der Waals surface area contributed by atoms with Crippen LogP contribution in [0.5, 0.6) is 0 Å². The van der Waals surface area contributed by atoms with Gasteiger partial charge in [-0.05, 0) is 48.1 Å². The highest BCUT2D eigenvalue weighted by molar-refractivity contribution is 7.10. The Hall–Kier alpha value is -2.92. The molecule has 0 aliphatic heterocycles. The van der Waals surface area contributed by atoms with Gasteiger partial charge in [0.15, 0.2) is 0 Å². The molecule has 3 aromatic rings. The Kier molecular flexibility index (Phi) is 7.19. The lowest BCUT2D eigenvalue weighted by Gasteiger charge is -2.20. The van der Waals surface area contributed by atoms with Gasteiger partial charge in [-0.2, -0.15) is 0 Å². The zero-order valence-electron chi connectivity index (χ0n) is 16.7. The van der Waals surface area contributed by atoms with Crippen LogP contribution < -0.4 is 10.6 Å². The van der Waals surface area contributed by atoms with E-state index in [4.69, 9.17) is 0 Å². The highest BCUT2D eigenvalue weighted by atomic mass is 32.1. The van der Waals surface area contributed by atoms with Gasteiger partial charge in [-0.15, -0.1) is 11.3 Å². The third-order valence-corrected chi connectivity index (χ3v) is 5.70. The van der Waals surface area contributed by atoms with E-state index in [9.17, 15) is 9.59 Å². The van der Waals surface area contributed by atoms with Crippen molar-refractivity contribution in [3.8, 4) is 0 Å². The summed E-state index contributed by atoms with van der Waals surface area (Å²) in [5.74, 6) is -0.264. The predicted molar refractivity (Wildman–Crippen MR) is 118 cm³/mol. The van der Waals surface area contributed by atoms with Gasteiger partial charge in [0, 0.05) is 22.9 Å². The molecule has 2 atom stereocenters. The maximum atomic E-state index is 12.7. The zero-order chi connectivity index (χ0) is 20.6. The molecule has 0 saturated carbocycles. The van der Waals surface area contributed by atoms with Crippen molar-refractivity contribution in [3.63, 3.8) is 0 Å². The first kappa shape index (κ1) is 20.8. The minimum absolute atomic E-state index is 0.0937. The van der Waals surface area contributed by atoms with E-state index in [1.807, 2.05) is 42.6 Å². The molecule has 0 saturated heterocycles. The summed E-state index contributed by atoms with van der Waals surface area (Å²) in [6.07, 6.45) is 1.20. The van der Waals surface area contributed by atoms with E-state index in [-0.39, 0.29) is 30.3 Å². The van der Waals surface area contributed by atoms with Crippen molar-refractivity contribution in [2.75, 3.05) is 0 Å². The molecule has 0 aliphatic rings. The monoisotopic (exact) mass is 406 g/mol. The lowest BCUT2D eigenvalue weighted by molar-refractivity contribution is -0.121. The molecule has 2 unspecified atom stereocenters. The summed E-state index contributed by atoms with van der Waals surface area (Å²) in [5, 5.41) is 8.04. The summed E-state index contributed by atoms with van der Waals surface area (Å²) < 4.78 is 0. The highest BCUT2D eigenvalue weighted by Gasteiger charge is 2.20. The second-order valence-electron chi connectivity index (χ2n) is 7.06. The number of hydrogen-bond donors (Lipinski definition) is 2. The Morgan fingerprint density at radius 3 is 2.28 bits per heavy atom. The van der Waals surface area contributed by atoms with Gasteiger partial charge in [0.2, 0.25) is 5.91 Å². The Morgan fingerprint density at radius 2 is 1.66 bits per heavy atom. The standard InChI is InChI=1S/C24H26N2O2S/c1-3-18-11-13-19(14-12-18)23(21-10-7-15-29-21)26-22(27)16-17(2)25-24(28)20-8-5-4-6-9-20/h4-15,17,23H,3,16H2,1-2H3,(H,25,28)(H,26,27). The van der Waals surface area contributed by atoms with Gasteiger partial charge in [-0.3, -0.25) is 9.59 Å². The molecular formula is C24H26N2O2S. The smallest absolute Gasteiger partial charge is 0.251 e. The van der Waals surface area contributed by atoms with Crippen molar-refractivity contribution < 1.29 is 9.59 Å². The van der Waals surface area contributed by atoms with Crippen LogP contribution in [0.4, 0.5) is 0 Å². The molecule has 0 fully saturated rings. The molecule has 0 aliphatic carbocycles. The summed E-state index contributed by atoms with van der Waals surface area (Å²) in [6, 6.07) is 20.9. The summed E-state index contributed by atoms with van der Waals surface area (Å²) in [7, 11) is 0. The van der Waals surface area contributed by atoms with Crippen molar-refractivity contribution in [2.24, 2.45) is 0 Å². The number of carbonyl (C=O) groups excluding carboxylic acids is 2. The van der Waals surface area contributed by atoms with Crippen molar-refractivity contribution in [3.05, 3.63) is 93.7 Å². The van der Waals surface area contributed by atoms with E-state index < -0.39 is 0 Å². The average Bonchev–Trinajstić information content (AvgIpc) is 3.27. The Morgan fingerprint density at radius 1 is 0.931 bits per heavy atom. The molecule has 1 heterocycles. The summed E-state index contributed by atoms with van der Waals surface area (Å²) >= 11 is 1.62. The molecule has 4 nitrogen and oxygen atoms in total. The molecule has 2 N–H and O–H groups in total. The Labute approximate surface area is 176 Å². The zero-order valence-corrected chi connectivity index (χ0v) is 17.5. The maximum Gasteiger partial charge on any atom is 0.251 e. The quantitative estimate of drug-likeness (QED) is 0.568. The molecule has 0 spiro atoms. The first-order chi connectivity index (χ1) is 14.1. The van der Waals surface area contributed by atoms with Crippen LogP contribution in [-0.2, 0) is 11.2 Å². The third kappa shape index (κ3) is 5.78. The summed E-state index contributed by atoms with van der Waals surface area (Å²) in [6.45, 7) is 3.97. The van der Waals surface area contributed by atoms with Crippen LogP contribution in [0.25, 0.3) is 0 Å². The van der Waals surface area contributed by atoms with Crippen LogP contribution in [0.1, 0.15) is 52.7 Å². The summed E-state index contributed by atoms with van der Waals surface area (Å²) in [4.78, 5) is 26.1. The van der Waals surface area contributed by atoms with Gasteiger partial charge in [0.1, 0.15) is 0 Å². The molecule has 2 amide bonds. The molecule has 150 valence electrons. The topological polar surface area (TPSA) is 58.2 Å². The first-order valence-corrected chi connectivity index (χ1v) is 10.7. The fourth-order valence-corrected chi connectivity index (χ4v) is 3.97. The highest BCUT2D eigenvalue weighted by Crippen LogP contribution is 2.26. The number of nitrogens with one attached hydrogen (secondary N) is 2. The number of benzene rings is 2. The van der Waals surface area contributed by atoms with Crippen LogP contribution in [0, 0.1) is 0 Å². The van der Waals surface area contributed by atoms with E-state index in [1.54, 1.807) is 23.5 Å². The van der Waals surface area contributed by atoms with Gasteiger partial charge < -0.3 is 10.6 Å². The van der Waals surface area contributed by atoms with Crippen molar-refractivity contribution >= 4 is 23.2 Å². The normalized spacial score (nSPS) is 12.8. The molecular weight excluding hydrogens is 380 g/mol. The molecule has 0 radical (unpaired) electrons. The van der Waals surface area contributed by atoms with Gasteiger partial charge in [0.05, 0.1) is 6.04 Å². The fraction of sp³-hybridized carbons (Fsp3) is 0.250. The van der Waals surface area contributed by atoms with Gasteiger partial charge in [0.25, 0.3) is 5.91 Å². The second kappa shape index (κ2) is 10.0. The van der Waals surface area contributed by atoms with E-state index >= 15 is 0 Å². The van der Waals surface area contributed by atoms with E-state index in [0.29, 0.717) is 5.56 Å². The minimum atomic E-state index is -0.269. The number of thiophene rings is 1. The lowest BCUT2D eigenvalue weighted by atomic mass is 10.0.